The van der Waals surface area contributed by atoms with Crippen molar-refractivity contribution < 1.29 is 9.53 Å². The van der Waals surface area contributed by atoms with Gasteiger partial charge in [0.1, 0.15) is 0 Å². The molecule has 0 unspecified atom stereocenters. The number of hydrogen-bond acceptors (Lipinski definition) is 4. The van der Waals surface area contributed by atoms with Crippen molar-refractivity contribution in [1.82, 2.24) is 0 Å². The zero-order valence-electron chi connectivity index (χ0n) is 9.50. The third kappa shape index (κ3) is 3.29. The third-order valence-corrected chi connectivity index (χ3v) is 3.04. The highest BCUT2D eigenvalue weighted by Crippen LogP contribution is 2.24. The monoisotopic (exact) mass is 296 g/mol. The summed E-state index contributed by atoms with van der Waals surface area (Å²) in [6, 6.07) is 5.65. The summed E-state index contributed by atoms with van der Waals surface area (Å²) in [4.78, 5) is 11.4. The molecule has 0 fully saturated rings. The second-order valence-corrected chi connectivity index (χ2v) is 4.21. The quantitative estimate of drug-likeness (QED) is 0.861. The van der Waals surface area contributed by atoms with Gasteiger partial charge in [-0.3, -0.25) is 4.79 Å². The van der Waals surface area contributed by atoms with E-state index < -0.39 is 0 Å². The molecule has 0 aliphatic heterocycles. The molecule has 0 radical (unpaired) electrons. The van der Waals surface area contributed by atoms with E-state index in [1.54, 1.807) is 19.1 Å². The molecule has 2 N–H and O–H groups in total. The van der Waals surface area contributed by atoms with E-state index in [0.717, 1.165) is 10.0 Å². The number of nitrogens with zero attached hydrogens (tertiary/aromatic N) is 1. The van der Waals surface area contributed by atoms with Gasteiger partial charge in [0.25, 0.3) is 0 Å². The smallest absolute Gasteiger partial charge is 0.310 e. The Labute approximate surface area is 108 Å². The van der Waals surface area contributed by atoms with Gasteiger partial charge < -0.3 is 10.5 Å². The molecule has 0 atom stereocenters. The Hall–Kier alpha value is -1.38. The fraction of sp³-hybridized carbons (Fsp3) is 0.333. The van der Waals surface area contributed by atoms with Gasteiger partial charge in [-0.25, -0.2) is 0 Å². The highest BCUT2D eigenvalue weighted by atomic mass is 79.9. The molecule has 0 amide bonds. The maximum atomic E-state index is 11.4. The van der Waals surface area contributed by atoms with Crippen LogP contribution in [-0.2, 0) is 22.5 Å². The minimum atomic E-state index is -0.348. The summed E-state index contributed by atoms with van der Waals surface area (Å²) >= 11 is 3.33. The normalized spacial score (nSPS) is 9.76. The van der Waals surface area contributed by atoms with Gasteiger partial charge in [0.05, 0.1) is 24.7 Å². The van der Waals surface area contributed by atoms with Crippen molar-refractivity contribution in [2.45, 2.75) is 19.9 Å². The summed E-state index contributed by atoms with van der Waals surface area (Å²) in [6.45, 7) is 2.34. The molecule has 1 rings (SSSR count). The maximum Gasteiger partial charge on any atom is 0.310 e. The fourth-order valence-electron chi connectivity index (χ4n) is 1.51. The van der Waals surface area contributed by atoms with E-state index in [1.165, 1.54) is 0 Å². The predicted molar refractivity (Wildman–Crippen MR) is 67.1 cm³/mol. The maximum absolute atomic E-state index is 11.4. The lowest BCUT2D eigenvalue weighted by Gasteiger charge is -2.10. The van der Waals surface area contributed by atoms with Gasteiger partial charge in [-0.1, -0.05) is 22.0 Å². The van der Waals surface area contributed by atoms with Crippen LogP contribution in [0.1, 0.15) is 23.6 Å². The minimum Gasteiger partial charge on any atom is -0.466 e. The van der Waals surface area contributed by atoms with Crippen LogP contribution in [0.15, 0.2) is 16.6 Å². The SMILES string of the molecule is CCOC(=O)Cc1c(Br)ccc(CN)c1C#N. The van der Waals surface area contributed by atoms with Crippen molar-refractivity contribution in [1.29, 1.82) is 5.26 Å². The number of nitrogens with two attached hydrogens (primary N) is 1. The van der Waals surface area contributed by atoms with E-state index in [4.69, 9.17) is 15.7 Å². The number of nitriles is 1. The molecule has 1 aromatic rings. The minimum absolute atomic E-state index is 0.0746. The van der Waals surface area contributed by atoms with E-state index in [-0.39, 0.29) is 18.9 Å². The highest BCUT2D eigenvalue weighted by Gasteiger charge is 2.15. The van der Waals surface area contributed by atoms with E-state index in [9.17, 15) is 4.79 Å². The second-order valence-electron chi connectivity index (χ2n) is 3.36. The van der Waals surface area contributed by atoms with E-state index in [0.29, 0.717) is 17.7 Å². The summed E-state index contributed by atoms with van der Waals surface area (Å²) in [7, 11) is 0. The number of carbonyl (C=O) groups is 1. The van der Waals surface area contributed by atoms with Crippen LogP contribution in [0.5, 0.6) is 0 Å². The Morgan fingerprint density at radius 3 is 2.82 bits per heavy atom. The fourth-order valence-corrected chi connectivity index (χ4v) is 1.98. The van der Waals surface area contributed by atoms with Crippen LogP contribution in [0, 0.1) is 11.3 Å². The lowest BCUT2D eigenvalue weighted by Crippen LogP contribution is -2.11. The number of esters is 1. The van der Waals surface area contributed by atoms with E-state index in [1.807, 2.05) is 0 Å². The molecule has 4 nitrogen and oxygen atoms in total. The summed E-state index contributed by atoms with van der Waals surface area (Å²) in [5.41, 5.74) is 7.37. The van der Waals surface area contributed by atoms with Gasteiger partial charge in [-0.2, -0.15) is 5.26 Å². The summed E-state index contributed by atoms with van der Waals surface area (Å²) in [5, 5.41) is 9.12. The van der Waals surface area contributed by atoms with Gasteiger partial charge in [-0.15, -0.1) is 0 Å². The molecule has 0 spiro atoms. The van der Waals surface area contributed by atoms with Crippen LogP contribution in [0.25, 0.3) is 0 Å². The van der Waals surface area contributed by atoms with Gasteiger partial charge in [0, 0.05) is 11.0 Å². The van der Waals surface area contributed by atoms with Crippen LogP contribution >= 0.6 is 15.9 Å². The average Bonchev–Trinajstić information content (AvgIpc) is 2.31. The zero-order chi connectivity index (χ0) is 12.8. The molecule has 0 saturated carbocycles. The van der Waals surface area contributed by atoms with Crippen LogP contribution < -0.4 is 5.73 Å². The molecule has 0 aromatic heterocycles. The predicted octanol–water partition coefficient (Wildman–Crippen LogP) is 1.89. The van der Waals surface area contributed by atoms with Crippen LogP contribution in [0.3, 0.4) is 0 Å². The van der Waals surface area contributed by atoms with Crippen LogP contribution in [0.2, 0.25) is 0 Å². The molecule has 90 valence electrons. The largest absolute Gasteiger partial charge is 0.466 e. The number of rotatable bonds is 4. The van der Waals surface area contributed by atoms with Gasteiger partial charge in [0.15, 0.2) is 0 Å². The van der Waals surface area contributed by atoms with E-state index in [2.05, 4.69) is 22.0 Å². The molecule has 17 heavy (non-hydrogen) atoms. The first-order chi connectivity index (χ1) is 8.13. The Balaban J connectivity index is 3.13. The lowest BCUT2D eigenvalue weighted by atomic mass is 10.00. The van der Waals surface area contributed by atoms with Gasteiger partial charge in [0.2, 0.25) is 0 Å². The lowest BCUT2D eigenvalue weighted by molar-refractivity contribution is -0.142. The van der Waals surface area contributed by atoms with Crippen molar-refractivity contribution in [3.63, 3.8) is 0 Å². The molecular weight excluding hydrogens is 284 g/mol. The number of hydrogen-bond donors (Lipinski definition) is 1. The van der Waals surface area contributed by atoms with Crippen molar-refractivity contribution in [3.05, 3.63) is 33.3 Å². The first-order valence-electron chi connectivity index (χ1n) is 5.20. The highest BCUT2D eigenvalue weighted by molar-refractivity contribution is 9.10. The topological polar surface area (TPSA) is 76.1 Å². The Morgan fingerprint density at radius 1 is 1.59 bits per heavy atom. The van der Waals surface area contributed by atoms with Crippen molar-refractivity contribution in [2.24, 2.45) is 5.73 Å². The summed E-state index contributed by atoms with van der Waals surface area (Å²) < 4.78 is 5.59. The Morgan fingerprint density at radius 2 is 2.29 bits per heavy atom. The van der Waals surface area contributed by atoms with Crippen molar-refractivity contribution in [3.8, 4) is 6.07 Å². The van der Waals surface area contributed by atoms with E-state index >= 15 is 0 Å². The molecule has 0 aliphatic carbocycles. The van der Waals surface area contributed by atoms with Crippen LogP contribution in [-0.4, -0.2) is 12.6 Å². The molecular formula is C12H13BrN2O2. The Kier molecular flexibility index (Phi) is 5.13. The first kappa shape index (κ1) is 13.7. The number of halogens is 1. The number of ether oxygens (including phenoxy) is 1. The number of benzene rings is 1. The Bertz CT molecular complexity index is 466. The van der Waals surface area contributed by atoms with Crippen LogP contribution in [0.4, 0.5) is 0 Å². The van der Waals surface area contributed by atoms with Crippen molar-refractivity contribution in [2.75, 3.05) is 6.61 Å². The molecule has 0 heterocycles. The van der Waals surface area contributed by atoms with Crippen molar-refractivity contribution >= 4 is 21.9 Å². The number of carbonyl (C=O) groups excluding carboxylic acids is 1. The zero-order valence-corrected chi connectivity index (χ0v) is 11.1. The summed E-state index contributed by atoms with van der Waals surface area (Å²) in [6.07, 6.45) is 0.0746. The third-order valence-electron chi connectivity index (χ3n) is 2.30. The molecule has 0 bridgehead atoms. The second kappa shape index (κ2) is 6.38. The molecule has 5 heteroatoms. The average molecular weight is 297 g/mol. The van der Waals surface area contributed by atoms with Gasteiger partial charge >= 0.3 is 5.97 Å². The molecule has 0 saturated heterocycles. The van der Waals surface area contributed by atoms with Gasteiger partial charge in [-0.05, 0) is 24.1 Å². The standard InChI is InChI=1S/C12H13BrN2O2/c1-2-17-12(16)5-9-10(7-15)8(6-14)3-4-11(9)13/h3-4H,2,5-6,14H2,1H3. The first-order valence-corrected chi connectivity index (χ1v) is 5.99. The molecule has 0 aliphatic rings. The summed E-state index contributed by atoms with van der Waals surface area (Å²) in [5.74, 6) is -0.348. The molecule has 1 aromatic carbocycles.